The van der Waals surface area contributed by atoms with Gasteiger partial charge in [-0.3, -0.25) is 0 Å². The van der Waals surface area contributed by atoms with E-state index in [9.17, 15) is 81.7 Å². The molecule has 5 heterocycles. The molecule has 5 aliphatic heterocycles. The molecule has 0 aromatic carbocycles. The highest BCUT2D eigenvalue weighted by Crippen LogP contribution is 2.36. The van der Waals surface area contributed by atoms with E-state index < -0.39 is 187 Å². The molecule has 0 amide bonds. The molecule has 0 bridgehead atoms. The number of hydrogen-bond donors (Lipinski definition) is 16. The standard InChI is InChI=1S/C33H58O26/c1-2-3-50-30-25(20(45)15(40)10(5-35)52-30)57-32-27(22(47)17(42)12(7-37)54-32)59-33-28(23(48)18(43)13(8-38)55-33)58-31-26(21(46)16(41)11(6-36)53-31)56-29-24(49)19(44)14(39)9(4-34)51-29/h9-49H,2-8H2,1H3/t9-,10-,11-,12-,13-,14-,15-,16-,17-,18-,19+,20+,21+,22+,23+,24+,25+,26+,27+,28+,29+,30+,31+,32-,33+/m1/s1. The van der Waals surface area contributed by atoms with Crippen LogP contribution in [0.4, 0.5) is 0 Å². The van der Waals surface area contributed by atoms with Crippen LogP contribution in [-0.2, 0) is 47.4 Å². The van der Waals surface area contributed by atoms with Crippen LogP contribution in [0.25, 0.3) is 0 Å². The molecule has 26 heteroatoms. The maximum Gasteiger partial charge on any atom is 0.187 e. The maximum absolute atomic E-state index is 11.4. The largest absolute Gasteiger partial charge is 0.394 e. The predicted octanol–water partition coefficient (Wildman–Crippen LogP) is -10.5. The average Bonchev–Trinajstić information content (AvgIpc) is 3.23. The van der Waals surface area contributed by atoms with Crippen molar-refractivity contribution in [3.63, 3.8) is 0 Å². The Labute approximate surface area is 335 Å². The Morgan fingerprint density at radius 2 is 0.576 bits per heavy atom. The van der Waals surface area contributed by atoms with E-state index in [-0.39, 0.29) is 6.61 Å². The number of rotatable bonds is 16. The highest BCUT2D eigenvalue weighted by Gasteiger charge is 2.57. The van der Waals surface area contributed by atoms with Gasteiger partial charge in [0.1, 0.15) is 122 Å². The highest BCUT2D eigenvalue weighted by atomic mass is 16.8. The smallest absolute Gasteiger partial charge is 0.187 e. The topological polar surface area (TPSA) is 416 Å². The van der Waals surface area contributed by atoms with E-state index in [4.69, 9.17) is 47.4 Å². The summed E-state index contributed by atoms with van der Waals surface area (Å²) in [6, 6.07) is 0. The summed E-state index contributed by atoms with van der Waals surface area (Å²) in [5.74, 6) is 0. The molecule has 5 saturated heterocycles. The van der Waals surface area contributed by atoms with Gasteiger partial charge in [-0.1, -0.05) is 6.92 Å². The number of ether oxygens (including phenoxy) is 10. The monoisotopic (exact) mass is 870 g/mol. The van der Waals surface area contributed by atoms with Crippen LogP contribution in [0.5, 0.6) is 0 Å². The fourth-order valence-corrected chi connectivity index (χ4v) is 7.30. The molecular formula is C33H58O26. The fourth-order valence-electron chi connectivity index (χ4n) is 7.30. The number of aliphatic hydroxyl groups is 16. The molecule has 5 rings (SSSR count). The van der Waals surface area contributed by atoms with Gasteiger partial charge in [-0.2, -0.15) is 0 Å². The minimum Gasteiger partial charge on any atom is -0.394 e. The van der Waals surface area contributed by atoms with Crippen molar-refractivity contribution in [3.05, 3.63) is 0 Å². The van der Waals surface area contributed by atoms with E-state index >= 15 is 0 Å². The molecule has 0 aliphatic carbocycles. The van der Waals surface area contributed by atoms with Crippen molar-refractivity contribution in [1.29, 1.82) is 0 Å². The number of aliphatic hydroxyl groups excluding tert-OH is 16. The van der Waals surface area contributed by atoms with Gasteiger partial charge in [-0.25, -0.2) is 0 Å². The SMILES string of the molecule is CCCO[C@H]1O[C@H](CO)[C@@H](O)[C@H](O)[C@@H]1O[C@H]1O[C@H](CO)[C@@H](O)[C@H](O)[C@@H]1O[C@@H]1O[C@H](CO)[C@@H](O)[C@H](O)[C@@H]1O[C@@H]1O[C@H](CO)[C@@H](O)[C@H](O)[C@@H]1O[C@@H]1O[C@H](CO)[C@@H](O)[C@H](O)[C@@H]1O. The van der Waals surface area contributed by atoms with Crippen molar-refractivity contribution >= 4 is 0 Å². The molecule has 346 valence electrons. The van der Waals surface area contributed by atoms with Crippen molar-refractivity contribution in [1.82, 2.24) is 0 Å². The molecule has 5 fully saturated rings. The van der Waals surface area contributed by atoms with Gasteiger partial charge in [0.05, 0.1) is 33.0 Å². The quantitative estimate of drug-likeness (QED) is 0.0685. The van der Waals surface area contributed by atoms with E-state index in [0.717, 1.165) is 0 Å². The summed E-state index contributed by atoms with van der Waals surface area (Å²) < 4.78 is 57.2. The first kappa shape index (κ1) is 49.0. The van der Waals surface area contributed by atoms with E-state index in [1.165, 1.54) is 0 Å². The zero-order chi connectivity index (χ0) is 43.5. The van der Waals surface area contributed by atoms with E-state index in [1.54, 1.807) is 6.92 Å². The third-order valence-corrected chi connectivity index (χ3v) is 10.8. The van der Waals surface area contributed by atoms with Gasteiger partial charge in [-0.05, 0) is 6.42 Å². The predicted molar refractivity (Wildman–Crippen MR) is 181 cm³/mol. The zero-order valence-corrected chi connectivity index (χ0v) is 31.6. The molecule has 0 aromatic heterocycles. The molecule has 59 heavy (non-hydrogen) atoms. The van der Waals surface area contributed by atoms with Crippen LogP contribution in [0.2, 0.25) is 0 Å². The average molecular weight is 871 g/mol. The molecule has 0 radical (unpaired) electrons. The van der Waals surface area contributed by atoms with Gasteiger partial charge < -0.3 is 129 Å². The van der Waals surface area contributed by atoms with E-state index in [2.05, 4.69) is 0 Å². The fraction of sp³-hybridized carbons (Fsp3) is 1.00. The van der Waals surface area contributed by atoms with E-state index in [0.29, 0.717) is 6.42 Å². The summed E-state index contributed by atoms with van der Waals surface area (Å²) in [4.78, 5) is 0. The summed E-state index contributed by atoms with van der Waals surface area (Å²) in [6.07, 6.45) is -46.1. The van der Waals surface area contributed by atoms with Crippen molar-refractivity contribution < 1.29 is 129 Å². The summed E-state index contributed by atoms with van der Waals surface area (Å²) in [6.45, 7) is -2.67. The first-order chi connectivity index (χ1) is 28.1. The van der Waals surface area contributed by atoms with E-state index in [1.807, 2.05) is 0 Å². The van der Waals surface area contributed by atoms with Crippen molar-refractivity contribution in [2.24, 2.45) is 0 Å². The summed E-state index contributed by atoms with van der Waals surface area (Å²) in [5, 5.41) is 168. The Kier molecular flexibility index (Phi) is 17.9. The maximum atomic E-state index is 11.4. The highest BCUT2D eigenvalue weighted by molar-refractivity contribution is 4.99. The van der Waals surface area contributed by atoms with Gasteiger partial charge in [0.15, 0.2) is 31.5 Å². The molecular weight excluding hydrogens is 812 g/mol. The Bertz CT molecular complexity index is 1260. The molecule has 0 saturated carbocycles. The van der Waals surface area contributed by atoms with Crippen molar-refractivity contribution in [3.8, 4) is 0 Å². The van der Waals surface area contributed by atoms with Crippen LogP contribution in [0.3, 0.4) is 0 Å². The van der Waals surface area contributed by atoms with Crippen LogP contribution in [0, 0.1) is 0 Å². The summed E-state index contributed by atoms with van der Waals surface area (Å²) in [7, 11) is 0. The lowest BCUT2D eigenvalue weighted by molar-refractivity contribution is -0.413. The molecule has 0 unspecified atom stereocenters. The van der Waals surface area contributed by atoms with Crippen molar-refractivity contribution in [2.75, 3.05) is 39.6 Å². The van der Waals surface area contributed by atoms with Crippen LogP contribution < -0.4 is 0 Å². The second kappa shape index (κ2) is 21.6. The number of hydrogen-bond acceptors (Lipinski definition) is 26. The van der Waals surface area contributed by atoms with Gasteiger partial charge in [0, 0.05) is 6.61 Å². The van der Waals surface area contributed by atoms with Crippen LogP contribution in [0.15, 0.2) is 0 Å². The van der Waals surface area contributed by atoms with Crippen LogP contribution in [0.1, 0.15) is 13.3 Å². The normalized spacial score (nSPS) is 51.1. The minimum atomic E-state index is -2.14. The molecule has 16 N–H and O–H groups in total. The van der Waals surface area contributed by atoms with Crippen molar-refractivity contribution in [2.45, 2.75) is 167 Å². The van der Waals surface area contributed by atoms with Gasteiger partial charge in [0.25, 0.3) is 0 Å². The lowest BCUT2D eigenvalue weighted by atomic mass is 9.95. The third kappa shape index (κ3) is 10.3. The first-order valence-corrected chi connectivity index (χ1v) is 19.1. The van der Waals surface area contributed by atoms with Gasteiger partial charge in [0.2, 0.25) is 0 Å². The van der Waals surface area contributed by atoms with Crippen LogP contribution in [-0.4, -0.2) is 275 Å². The second-order valence-corrected chi connectivity index (χ2v) is 14.8. The Balaban J connectivity index is 1.46. The Morgan fingerprint density at radius 1 is 0.322 bits per heavy atom. The molecule has 26 nitrogen and oxygen atoms in total. The molecule has 0 spiro atoms. The lowest BCUT2D eigenvalue weighted by Crippen LogP contribution is -2.68. The third-order valence-electron chi connectivity index (χ3n) is 10.8. The summed E-state index contributed by atoms with van der Waals surface area (Å²) >= 11 is 0. The van der Waals surface area contributed by atoms with Crippen LogP contribution >= 0.6 is 0 Å². The van der Waals surface area contributed by atoms with Gasteiger partial charge >= 0.3 is 0 Å². The minimum absolute atomic E-state index is 0.0302. The molecule has 25 atom stereocenters. The Morgan fingerprint density at radius 3 is 0.881 bits per heavy atom. The molecule has 0 aromatic rings. The first-order valence-electron chi connectivity index (χ1n) is 19.1. The second-order valence-electron chi connectivity index (χ2n) is 14.8. The summed E-state index contributed by atoms with van der Waals surface area (Å²) in [5.41, 5.74) is 0. The van der Waals surface area contributed by atoms with Gasteiger partial charge in [-0.15, -0.1) is 0 Å². The lowest BCUT2D eigenvalue weighted by Gasteiger charge is -2.50. The molecule has 5 aliphatic rings. The Hall–Kier alpha value is -1.04. The zero-order valence-electron chi connectivity index (χ0n) is 31.6.